The standard InChI is InChI=1S/C12H9F13O4.C6H16N2O2/c13-7(14,3-4-29-6(28)2-1-5(26)27)8(15,16)9(17,18)10(19,20)11(21,22)12(23,24)25;7-1-3-9-5-6-10-4-2-8/h1-4H2,(H,26,27);1-8H2/p+1. The number of carbonyl (C=O) groups is 2. The lowest BCUT2D eigenvalue weighted by molar-refractivity contribution is -0.440. The van der Waals surface area contributed by atoms with Crippen molar-refractivity contribution >= 4 is 11.9 Å². The number of carboxylic acids is 1. The molecule has 0 aliphatic rings. The molecule has 8 nitrogen and oxygen atoms in total. The number of esters is 1. The fourth-order valence-corrected chi connectivity index (χ4v) is 2.05. The predicted molar refractivity (Wildman–Crippen MR) is 97.8 cm³/mol. The van der Waals surface area contributed by atoms with Gasteiger partial charge < -0.3 is 35.6 Å². The molecule has 234 valence electrons. The van der Waals surface area contributed by atoms with Gasteiger partial charge >= 0.3 is 41.8 Å². The van der Waals surface area contributed by atoms with Crippen LogP contribution in [0, 0.1) is 0 Å². The maximum absolute atomic E-state index is 13.3. The molecule has 0 aromatic heterocycles. The Morgan fingerprint density at radius 1 is 0.590 bits per heavy atom. The highest BCUT2D eigenvalue weighted by Crippen LogP contribution is 2.60. The monoisotopic (exact) mass is 613 g/mol. The molecule has 39 heavy (non-hydrogen) atoms. The normalized spacial score (nSPS) is 13.5. The number of aliphatic carboxylic acids is 1. The average Bonchev–Trinajstić information content (AvgIpc) is 2.79. The molecule has 0 spiro atoms. The van der Waals surface area contributed by atoms with E-state index in [1.54, 1.807) is 0 Å². The predicted octanol–water partition coefficient (Wildman–Crippen LogP) is 0.692. The van der Waals surface area contributed by atoms with E-state index in [0.717, 1.165) is 26.3 Å². The van der Waals surface area contributed by atoms with Gasteiger partial charge in [-0.3, -0.25) is 4.79 Å². The topological polar surface area (TPSA) is 140 Å². The van der Waals surface area contributed by atoms with Gasteiger partial charge in [-0.15, -0.1) is 0 Å². The Morgan fingerprint density at radius 3 is 1.36 bits per heavy atom. The van der Waals surface area contributed by atoms with Crippen molar-refractivity contribution in [2.75, 3.05) is 46.1 Å². The minimum atomic E-state index is -8.00. The Labute approximate surface area is 211 Å². The maximum atomic E-state index is 13.3. The average molecular weight is 613 g/mol. The number of quaternary nitrogens is 2. The minimum absolute atomic E-state index is 0.676. The lowest BCUT2D eigenvalue weighted by Crippen LogP contribution is -2.70. The number of halogens is 13. The third-order valence-corrected chi connectivity index (χ3v) is 4.16. The largest absolute Gasteiger partial charge is 0.550 e. The number of ether oxygens (including phenoxy) is 3. The van der Waals surface area contributed by atoms with Crippen molar-refractivity contribution in [2.24, 2.45) is 0 Å². The van der Waals surface area contributed by atoms with Crippen LogP contribution >= 0.6 is 0 Å². The molecule has 0 aliphatic carbocycles. The van der Waals surface area contributed by atoms with Crippen LogP contribution in [0.15, 0.2) is 0 Å². The number of alkyl halides is 13. The number of hydrogen-bond acceptors (Lipinski definition) is 6. The van der Waals surface area contributed by atoms with Crippen molar-refractivity contribution in [3.8, 4) is 0 Å². The van der Waals surface area contributed by atoms with E-state index in [9.17, 15) is 71.8 Å². The van der Waals surface area contributed by atoms with Gasteiger partial charge in [0.15, 0.2) is 0 Å². The van der Waals surface area contributed by atoms with Crippen LogP contribution in [0.3, 0.4) is 0 Å². The van der Waals surface area contributed by atoms with Crippen molar-refractivity contribution in [3.63, 3.8) is 0 Å². The Hall–Kier alpha value is -2.13. The quantitative estimate of drug-likeness (QED) is 0.141. The van der Waals surface area contributed by atoms with Crippen LogP contribution in [0.5, 0.6) is 0 Å². The summed E-state index contributed by atoms with van der Waals surface area (Å²) in [5.74, 6) is -41.1. The molecule has 21 heteroatoms. The molecule has 0 unspecified atom stereocenters. The molecule has 0 saturated heterocycles. The second-order valence-corrected chi connectivity index (χ2v) is 7.27. The van der Waals surface area contributed by atoms with Crippen LogP contribution in [0.4, 0.5) is 57.1 Å². The zero-order valence-corrected chi connectivity index (χ0v) is 19.8. The van der Waals surface area contributed by atoms with Gasteiger partial charge in [-0.25, -0.2) is 0 Å². The van der Waals surface area contributed by atoms with Gasteiger partial charge in [0.2, 0.25) is 0 Å². The lowest BCUT2D eigenvalue weighted by atomic mass is 9.93. The van der Waals surface area contributed by atoms with E-state index >= 15 is 0 Å². The summed E-state index contributed by atoms with van der Waals surface area (Å²) in [5.41, 5.74) is 7.29. The highest BCUT2D eigenvalue weighted by molar-refractivity contribution is 5.75. The van der Waals surface area contributed by atoms with Gasteiger partial charge in [0.05, 0.1) is 59.0 Å². The van der Waals surface area contributed by atoms with E-state index in [1.807, 2.05) is 0 Å². The van der Waals surface area contributed by atoms with E-state index < -0.39 is 73.6 Å². The third kappa shape index (κ3) is 10.7. The highest BCUT2D eigenvalue weighted by atomic mass is 19.4. The molecule has 0 radical (unpaired) electrons. The zero-order valence-electron chi connectivity index (χ0n) is 19.8. The van der Waals surface area contributed by atoms with E-state index in [0.29, 0.717) is 13.2 Å². The Balaban J connectivity index is 0. The van der Waals surface area contributed by atoms with Gasteiger partial charge in [0.1, 0.15) is 0 Å². The van der Waals surface area contributed by atoms with Crippen LogP contribution in [-0.2, 0) is 23.8 Å². The highest BCUT2D eigenvalue weighted by Gasteiger charge is 2.90. The maximum Gasteiger partial charge on any atom is 0.460 e. The van der Waals surface area contributed by atoms with Crippen LogP contribution < -0.4 is 16.6 Å². The summed E-state index contributed by atoms with van der Waals surface area (Å²) >= 11 is 0. The summed E-state index contributed by atoms with van der Waals surface area (Å²) in [4.78, 5) is 20.8. The van der Waals surface area contributed by atoms with Crippen LogP contribution in [0.1, 0.15) is 19.3 Å². The van der Waals surface area contributed by atoms with E-state index in [1.165, 1.54) is 0 Å². The summed E-state index contributed by atoms with van der Waals surface area (Å²) in [6, 6.07) is 0. The first-order valence-corrected chi connectivity index (χ1v) is 10.5. The van der Waals surface area contributed by atoms with Crippen LogP contribution in [0.25, 0.3) is 0 Å². The molecular formula is C18H26F13N2O6+. The molecule has 0 aromatic rings. The van der Waals surface area contributed by atoms with Crippen LogP contribution in [-0.4, -0.2) is 93.9 Å². The smallest absolute Gasteiger partial charge is 0.460 e. The van der Waals surface area contributed by atoms with Crippen molar-refractivity contribution in [1.82, 2.24) is 0 Å². The molecule has 0 saturated carbocycles. The first-order chi connectivity index (χ1) is 17.5. The SMILES string of the molecule is O=C([O-])CCC(=O)OCCC(F)(F)C(F)(F)C(F)(F)C(F)(F)C(F)(F)C(F)(F)F.[NH3+]CCOCCOCC[NH3+]. The number of carboxylic acid groups (broad SMARTS) is 1. The third-order valence-electron chi connectivity index (χ3n) is 4.16. The van der Waals surface area contributed by atoms with E-state index in [4.69, 9.17) is 9.47 Å². The fourth-order valence-electron chi connectivity index (χ4n) is 2.05. The summed E-state index contributed by atoms with van der Waals surface area (Å²) in [5, 5.41) is 9.99. The van der Waals surface area contributed by atoms with Gasteiger partial charge in [-0.2, -0.15) is 57.1 Å². The summed E-state index contributed by atoms with van der Waals surface area (Å²) < 4.78 is 180. The Morgan fingerprint density at radius 2 is 1.00 bits per heavy atom. The van der Waals surface area contributed by atoms with Gasteiger partial charge in [0, 0.05) is 5.97 Å². The minimum Gasteiger partial charge on any atom is -0.550 e. The number of carbonyl (C=O) groups excluding carboxylic acids is 2. The molecular weight excluding hydrogens is 587 g/mol. The molecule has 6 N–H and O–H groups in total. The molecule has 0 atom stereocenters. The van der Waals surface area contributed by atoms with E-state index in [2.05, 4.69) is 16.2 Å². The van der Waals surface area contributed by atoms with Crippen molar-refractivity contribution in [1.29, 1.82) is 0 Å². The number of hydrogen-bond donors (Lipinski definition) is 2. The summed E-state index contributed by atoms with van der Waals surface area (Å²) in [7, 11) is 0. The number of rotatable bonds is 17. The van der Waals surface area contributed by atoms with Crippen molar-refractivity contribution in [3.05, 3.63) is 0 Å². The molecule has 0 heterocycles. The fraction of sp³-hybridized carbons (Fsp3) is 0.889. The lowest BCUT2D eigenvalue weighted by Gasteiger charge is -2.39. The van der Waals surface area contributed by atoms with Crippen molar-refractivity contribution < 1.29 is 97.4 Å². The second-order valence-electron chi connectivity index (χ2n) is 7.27. The summed E-state index contributed by atoms with van der Waals surface area (Å²) in [6.07, 6.45) is -12.3. The zero-order chi connectivity index (χ0) is 31.3. The summed E-state index contributed by atoms with van der Waals surface area (Å²) in [6.45, 7) is 2.54. The molecule has 0 aromatic carbocycles. The van der Waals surface area contributed by atoms with Gasteiger partial charge in [-0.1, -0.05) is 0 Å². The molecule has 0 aliphatic heterocycles. The molecule has 0 fully saturated rings. The van der Waals surface area contributed by atoms with Crippen molar-refractivity contribution in [2.45, 2.75) is 55.1 Å². The first kappa shape index (κ1) is 39.0. The second kappa shape index (κ2) is 15.6. The van der Waals surface area contributed by atoms with Gasteiger partial charge in [0.25, 0.3) is 0 Å². The van der Waals surface area contributed by atoms with E-state index in [-0.39, 0.29) is 0 Å². The van der Waals surface area contributed by atoms with Gasteiger partial charge in [-0.05, 0) is 6.42 Å². The molecule has 0 rings (SSSR count). The Kier molecular flexibility index (Phi) is 15.6. The Bertz CT molecular complexity index is 743. The first-order valence-electron chi connectivity index (χ1n) is 10.5. The molecule has 0 bridgehead atoms. The molecule has 0 amide bonds. The van der Waals surface area contributed by atoms with Crippen LogP contribution in [0.2, 0.25) is 0 Å².